The van der Waals surface area contributed by atoms with Gasteiger partial charge in [-0.3, -0.25) is 4.79 Å². The summed E-state index contributed by atoms with van der Waals surface area (Å²) in [6, 6.07) is -0.542. The van der Waals surface area contributed by atoms with Crippen molar-refractivity contribution < 1.29 is 23.4 Å². The van der Waals surface area contributed by atoms with E-state index in [1.807, 2.05) is 6.92 Å². The Labute approximate surface area is 159 Å². The van der Waals surface area contributed by atoms with Crippen LogP contribution < -0.4 is 16.1 Å². The van der Waals surface area contributed by atoms with Crippen molar-refractivity contribution in [2.45, 2.75) is 25.9 Å². The lowest BCUT2D eigenvalue weighted by molar-refractivity contribution is -0.0219. The monoisotopic (exact) mass is 393 g/mol. The molecule has 1 aromatic carbocycles. The van der Waals surface area contributed by atoms with Crippen molar-refractivity contribution >= 4 is 22.6 Å². The second kappa shape index (κ2) is 6.52. The Bertz CT molecular complexity index is 1040. The normalized spacial score (nSPS) is 22.7. The van der Waals surface area contributed by atoms with Gasteiger partial charge in [0.2, 0.25) is 5.43 Å². The Hall–Kier alpha value is -2.52. The molecule has 0 spiro atoms. The molecule has 0 saturated carbocycles. The number of halogens is 2. The van der Waals surface area contributed by atoms with Gasteiger partial charge in [-0.2, -0.15) is 0 Å². The van der Waals surface area contributed by atoms with Crippen LogP contribution in [0.1, 0.15) is 28.9 Å². The molecule has 0 bridgehead atoms. The average Bonchev–Trinajstić information content (AvgIpc) is 2.90. The molecule has 0 radical (unpaired) electrons. The molecule has 0 amide bonds. The van der Waals surface area contributed by atoms with Crippen molar-refractivity contribution in [1.82, 2.24) is 4.57 Å². The minimum absolute atomic E-state index is 0.0615. The Balaban J connectivity index is 2.06. The van der Waals surface area contributed by atoms with E-state index in [1.165, 1.54) is 11.5 Å². The first-order valence-electron chi connectivity index (χ1n) is 9.10. The van der Waals surface area contributed by atoms with Gasteiger partial charge in [-0.25, -0.2) is 13.6 Å². The van der Waals surface area contributed by atoms with Crippen molar-refractivity contribution in [2.75, 3.05) is 31.2 Å². The number of carbonyl (C=O) groups is 1. The van der Waals surface area contributed by atoms with Crippen LogP contribution in [0.3, 0.4) is 0 Å². The summed E-state index contributed by atoms with van der Waals surface area (Å²) >= 11 is 0. The van der Waals surface area contributed by atoms with E-state index in [0.717, 1.165) is 6.20 Å². The fraction of sp³-hybridized carbons (Fsp3) is 0.474. The number of pyridine rings is 1. The number of carboxylic acids is 1. The summed E-state index contributed by atoms with van der Waals surface area (Å²) in [5.74, 6) is -3.11. The standard InChI is InChI=1S/C19H21F2N3O4/c1-8-3-23(5-12(8)22)17-14(20)9(2)13-16(15(17)21)24(10-6-28-7-10)4-11(18(13)25)19(26)27/h4,8,10,12H,3,5-7,22H2,1-2H3,(H,26,27)/t8-,12+/m0/s1. The zero-order valence-electron chi connectivity index (χ0n) is 15.5. The Morgan fingerprint density at radius 2 is 1.96 bits per heavy atom. The fourth-order valence-electron chi connectivity index (χ4n) is 3.98. The van der Waals surface area contributed by atoms with Crippen LogP contribution in [0.15, 0.2) is 11.0 Å². The smallest absolute Gasteiger partial charge is 0.341 e. The third-order valence-electron chi connectivity index (χ3n) is 5.79. The highest BCUT2D eigenvalue weighted by Crippen LogP contribution is 2.37. The highest BCUT2D eigenvalue weighted by Gasteiger charge is 2.35. The Morgan fingerprint density at radius 1 is 1.29 bits per heavy atom. The molecule has 2 aliphatic rings. The number of nitrogens with two attached hydrogens (primary N) is 1. The van der Waals surface area contributed by atoms with Crippen LogP contribution in [0.4, 0.5) is 14.5 Å². The van der Waals surface area contributed by atoms with E-state index < -0.39 is 28.6 Å². The van der Waals surface area contributed by atoms with E-state index in [2.05, 4.69) is 0 Å². The molecule has 7 nitrogen and oxygen atoms in total. The lowest BCUT2D eigenvalue weighted by Gasteiger charge is -2.31. The number of aryl methyl sites for hydroxylation is 1. The summed E-state index contributed by atoms with van der Waals surface area (Å²) < 4.78 is 37.4. The van der Waals surface area contributed by atoms with Crippen molar-refractivity contribution in [3.8, 4) is 0 Å². The summed E-state index contributed by atoms with van der Waals surface area (Å²) in [5.41, 5.74) is 4.22. The van der Waals surface area contributed by atoms with Gasteiger partial charge in [-0.15, -0.1) is 0 Å². The molecule has 2 fully saturated rings. The lowest BCUT2D eigenvalue weighted by atomic mass is 10.0. The third-order valence-corrected chi connectivity index (χ3v) is 5.79. The van der Waals surface area contributed by atoms with Gasteiger partial charge in [0.1, 0.15) is 11.3 Å². The maximum atomic E-state index is 15.6. The molecule has 0 unspecified atom stereocenters. The fourth-order valence-corrected chi connectivity index (χ4v) is 3.98. The number of aromatic nitrogens is 1. The molecular weight excluding hydrogens is 372 g/mol. The first-order valence-corrected chi connectivity index (χ1v) is 9.10. The van der Waals surface area contributed by atoms with Gasteiger partial charge in [0.25, 0.3) is 0 Å². The quantitative estimate of drug-likeness (QED) is 0.823. The van der Waals surface area contributed by atoms with Gasteiger partial charge in [-0.1, -0.05) is 6.92 Å². The predicted octanol–water partition coefficient (Wildman–Crippen LogP) is 1.64. The van der Waals surface area contributed by atoms with Crippen molar-refractivity contribution in [3.05, 3.63) is 39.2 Å². The van der Waals surface area contributed by atoms with E-state index in [4.69, 9.17) is 10.5 Å². The summed E-state index contributed by atoms with van der Waals surface area (Å²) in [7, 11) is 0. The number of rotatable bonds is 3. The molecule has 2 aromatic rings. The van der Waals surface area contributed by atoms with E-state index in [0.29, 0.717) is 13.1 Å². The largest absolute Gasteiger partial charge is 0.477 e. The van der Waals surface area contributed by atoms with Gasteiger partial charge in [0, 0.05) is 30.9 Å². The minimum atomic E-state index is -1.44. The number of aromatic carboxylic acids is 1. The maximum Gasteiger partial charge on any atom is 0.341 e. The highest BCUT2D eigenvalue weighted by molar-refractivity contribution is 5.95. The number of ether oxygens (including phenoxy) is 1. The average molecular weight is 393 g/mol. The van der Waals surface area contributed by atoms with E-state index in [-0.39, 0.29) is 53.4 Å². The zero-order chi connectivity index (χ0) is 20.3. The summed E-state index contributed by atoms with van der Waals surface area (Å²) in [6.07, 6.45) is 1.13. The SMILES string of the molecule is Cc1c(F)c(N2C[C@@H](N)[C@@H](C)C2)c(F)c2c1c(=O)c(C(=O)O)cn2C1COC1. The number of carboxylic acid groups (broad SMARTS) is 1. The summed E-state index contributed by atoms with van der Waals surface area (Å²) in [5, 5.41) is 9.13. The van der Waals surface area contributed by atoms with Crippen LogP contribution >= 0.6 is 0 Å². The number of hydrogen-bond acceptors (Lipinski definition) is 5. The number of anilines is 1. The van der Waals surface area contributed by atoms with Crippen LogP contribution in [-0.4, -0.2) is 48.0 Å². The predicted molar refractivity (Wildman–Crippen MR) is 99.0 cm³/mol. The lowest BCUT2D eigenvalue weighted by Crippen LogP contribution is -2.34. The van der Waals surface area contributed by atoms with Crippen molar-refractivity contribution in [3.63, 3.8) is 0 Å². The Morgan fingerprint density at radius 3 is 2.46 bits per heavy atom. The van der Waals surface area contributed by atoms with E-state index in [1.54, 1.807) is 4.90 Å². The van der Waals surface area contributed by atoms with Gasteiger partial charge < -0.3 is 25.0 Å². The van der Waals surface area contributed by atoms with Gasteiger partial charge in [-0.05, 0) is 12.8 Å². The highest BCUT2D eigenvalue weighted by atomic mass is 19.1. The van der Waals surface area contributed by atoms with Crippen LogP contribution in [0, 0.1) is 24.5 Å². The summed E-state index contributed by atoms with van der Waals surface area (Å²) in [4.78, 5) is 25.8. The Kier molecular flexibility index (Phi) is 4.39. The molecular formula is C19H21F2N3O4. The maximum absolute atomic E-state index is 15.6. The molecule has 150 valence electrons. The minimum Gasteiger partial charge on any atom is -0.477 e. The molecule has 3 heterocycles. The van der Waals surface area contributed by atoms with Crippen LogP contribution in [0.5, 0.6) is 0 Å². The van der Waals surface area contributed by atoms with Gasteiger partial charge in [0.15, 0.2) is 11.6 Å². The van der Waals surface area contributed by atoms with Gasteiger partial charge in [0.05, 0.1) is 30.2 Å². The van der Waals surface area contributed by atoms with Crippen molar-refractivity contribution in [1.29, 1.82) is 0 Å². The molecule has 3 N–H and O–H groups in total. The van der Waals surface area contributed by atoms with Crippen LogP contribution in [0.2, 0.25) is 0 Å². The van der Waals surface area contributed by atoms with Crippen LogP contribution in [-0.2, 0) is 4.74 Å². The van der Waals surface area contributed by atoms with E-state index in [9.17, 15) is 14.7 Å². The second-order valence-corrected chi connectivity index (χ2v) is 7.65. The topological polar surface area (TPSA) is 97.8 Å². The number of fused-ring (bicyclic) bond motifs is 1. The second-order valence-electron chi connectivity index (χ2n) is 7.65. The molecule has 9 heteroatoms. The van der Waals surface area contributed by atoms with Crippen LogP contribution in [0.25, 0.3) is 10.9 Å². The number of nitrogens with zero attached hydrogens (tertiary/aromatic N) is 2. The molecule has 4 rings (SSSR count). The zero-order valence-corrected chi connectivity index (χ0v) is 15.5. The molecule has 28 heavy (non-hydrogen) atoms. The number of hydrogen-bond donors (Lipinski definition) is 2. The third kappa shape index (κ3) is 2.61. The first-order chi connectivity index (χ1) is 13.2. The first kappa shape index (κ1) is 18.8. The molecule has 0 aliphatic carbocycles. The van der Waals surface area contributed by atoms with Gasteiger partial charge >= 0.3 is 5.97 Å². The molecule has 2 aliphatic heterocycles. The molecule has 2 saturated heterocycles. The summed E-state index contributed by atoms with van der Waals surface area (Å²) in [6.45, 7) is 4.49. The van der Waals surface area contributed by atoms with E-state index >= 15 is 8.78 Å². The number of benzene rings is 1. The van der Waals surface area contributed by atoms with Crippen molar-refractivity contribution in [2.24, 2.45) is 11.7 Å². The molecule has 2 atom stereocenters. The molecule has 1 aromatic heterocycles.